The number of nitrogens with one attached hydrogen (secondary N) is 1. The van der Waals surface area contributed by atoms with Crippen molar-refractivity contribution in [2.75, 3.05) is 20.3 Å². The maximum Gasteiger partial charge on any atom is 0.258 e. The molecule has 7 nitrogen and oxygen atoms in total. The number of carbonyl (C=O) groups excluding carboxylic acids is 1. The summed E-state index contributed by atoms with van der Waals surface area (Å²) in [7, 11) is 1.58. The first-order valence-electron chi connectivity index (χ1n) is 8.92. The number of para-hydroxylation sites is 1. The number of aromatic nitrogens is 2. The molecule has 1 N–H and O–H groups in total. The number of methoxy groups -OCH3 is 1. The molecule has 0 spiro atoms. The molecule has 0 aliphatic rings. The van der Waals surface area contributed by atoms with E-state index in [1.54, 1.807) is 25.3 Å². The van der Waals surface area contributed by atoms with Gasteiger partial charge in [0, 0.05) is 24.7 Å². The molecule has 150 valence electrons. The van der Waals surface area contributed by atoms with E-state index in [9.17, 15) is 14.0 Å². The molecule has 0 fully saturated rings. The fourth-order valence-corrected chi connectivity index (χ4v) is 2.59. The lowest BCUT2D eigenvalue weighted by Gasteiger charge is -2.10. The second-order valence-corrected chi connectivity index (χ2v) is 6.10. The van der Waals surface area contributed by atoms with Gasteiger partial charge in [0.2, 0.25) is 0 Å². The van der Waals surface area contributed by atoms with E-state index in [2.05, 4.69) is 10.3 Å². The molecule has 2 aromatic carbocycles. The second kappa shape index (κ2) is 9.50. The highest BCUT2D eigenvalue weighted by Gasteiger charge is 2.07. The summed E-state index contributed by atoms with van der Waals surface area (Å²) < 4.78 is 25.1. The van der Waals surface area contributed by atoms with Crippen molar-refractivity contribution >= 4 is 5.91 Å². The van der Waals surface area contributed by atoms with Gasteiger partial charge in [0.05, 0.1) is 19.1 Å². The van der Waals surface area contributed by atoms with Gasteiger partial charge in [0.1, 0.15) is 5.75 Å². The number of carbonyl (C=O) groups is 1. The van der Waals surface area contributed by atoms with E-state index < -0.39 is 11.7 Å². The molecule has 0 unspecified atom stereocenters. The van der Waals surface area contributed by atoms with Crippen molar-refractivity contribution in [2.24, 2.45) is 0 Å². The largest absolute Gasteiger partial charge is 0.497 e. The van der Waals surface area contributed by atoms with Crippen molar-refractivity contribution in [1.29, 1.82) is 0 Å². The minimum atomic E-state index is -0.533. The molecule has 0 atom stereocenters. The van der Waals surface area contributed by atoms with Crippen molar-refractivity contribution in [3.8, 4) is 22.8 Å². The number of nitrogens with zero attached hydrogens (tertiary/aromatic N) is 2. The summed E-state index contributed by atoms with van der Waals surface area (Å²) in [4.78, 5) is 28.4. The van der Waals surface area contributed by atoms with Crippen LogP contribution in [0.4, 0.5) is 4.39 Å². The minimum Gasteiger partial charge on any atom is -0.497 e. The van der Waals surface area contributed by atoms with Crippen LogP contribution < -0.4 is 20.3 Å². The fourth-order valence-electron chi connectivity index (χ4n) is 2.59. The standard InChI is InChI=1S/C21H20FN3O4/c1-28-16-8-6-15(7-9-16)18-12-21(27)25(14-24-18)11-10-23-20(26)13-29-19-5-3-2-4-17(19)22/h2-9,12,14H,10-11,13H2,1H3,(H,23,26). The lowest BCUT2D eigenvalue weighted by atomic mass is 10.1. The monoisotopic (exact) mass is 397 g/mol. The summed E-state index contributed by atoms with van der Waals surface area (Å²) in [6, 6.07) is 14.5. The van der Waals surface area contributed by atoms with E-state index in [0.29, 0.717) is 5.69 Å². The van der Waals surface area contributed by atoms with Gasteiger partial charge in [-0.2, -0.15) is 0 Å². The van der Waals surface area contributed by atoms with Gasteiger partial charge < -0.3 is 14.8 Å². The van der Waals surface area contributed by atoms with E-state index in [4.69, 9.17) is 9.47 Å². The summed E-state index contributed by atoms with van der Waals surface area (Å²) in [5.41, 5.74) is 1.12. The topological polar surface area (TPSA) is 82.5 Å². The number of hydrogen-bond donors (Lipinski definition) is 1. The average Bonchev–Trinajstić information content (AvgIpc) is 2.74. The first-order valence-corrected chi connectivity index (χ1v) is 8.92. The Kier molecular flexibility index (Phi) is 6.57. The van der Waals surface area contributed by atoms with E-state index in [0.717, 1.165) is 11.3 Å². The molecule has 0 radical (unpaired) electrons. The zero-order valence-electron chi connectivity index (χ0n) is 15.8. The zero-order valence-corrected chi connectivity index (χ0v) is 15.8. The Morgan fingerprint density at radius 2 is 1.93 bits per heavy atom. The van der Waals surface area contributed by atoms with Crippen LogP contribution in [-0.2, 0) is 11.3 Å². The maximum absolute atomic E-state index is 13.4. The molecular weight excluding hydrogens is 377 g/mol. The number of hydrogen-bond acceptors (Lipinski definition) is 5. The Morgan fingerprint density at radius 1 is 1.17 bits per heavy atom. The molecule has 1 amide bonds. The lowest BCUT2D eigenvalue weighted by Crippen LogP contribution is -2.33. The number of rotatable bonds is 8. The van der Waals surface area contributed by atoms with E-state index in [-0.39, 0.29) is 31.0 Å². The third-order valence-corrected chi connectivity index (χ3v) is 4.14. The summed E-state index contributed by atoms with van der Waals surface area (Å²) >= 11 is 0. The molecule has 0 saturated heterocycles. The Labute approximate surface area is 166 Å². The van der Waals surface area contributed by atoms with Crippen LogP contribution in [0.25, 0.3) is 11.3 Å². The van der Waals surface area contributed by atoms with Gasteiger partial charge in [0.25, 0.3) is 11.5 Å². The van der Waals surface area contributed by atoms with E-state index in [1.165, 1.54) is 35.2 Å². The van der Waals surface area contributed by atoms with Crippen molar-refractivity contribution < 1.29 is 18.7 Å². The van der Waals surface area contributed by atoms with Gasteiger partial charge >= 0.3 is 0 Å². The molecular formula is C21H20FN3O4. The third kappa shape index (κ3) is 5.41. The van der Waals surface area contributed by atoms with E-state index >= 15 is 0 Å². The number of halogens is 1. The van der Waals surface area contributed by atoms with Crippen LogP contribution in [0.15, 0.2) is 65.7 Å². The van der Waals surface area contributed by atoms with Crippen LogP contribution in [-0.4, -0.2) is 35.7 Å². The molecule has 1 heterocycles. The highest BCUT2D eigenvalue weighted by atomic mass is 19.1. The summed E-state index contributed by atoms with van der Waals surface area (Å²) in [5.74, 6) is -0.215. The van der Waals surface area contributed by atoms with Gasteiger partial charge in [0.15, 0.2) is 18.2 Å². The molecule has 3 rings (SSSR count). The number of benzene rings is 2. The summed E-state index contributed by atoms with van der Waals surface area (Å²) in [6.07, 6.45) is 1.43. The Hall–Kier alpha value is -3.68. The second-order valence-electron chi connectivity index (χ2n) is 6.10. The SMILES string of the molecule is COc1ccc(-c2cc(=O)n(CCNC(=O)COc3ccccc3F)cn2)cc1. The average molecular weight is 397 g/mol. The summed E-state index contributed by atoms with van der Waals surface area (Å²) in [6.45, 7) is 0.146. The predicted molar refractivity (Wildman–Crippen MR) is 105 cm³/mol. The molecule has 8 heteroatoms. The highest BCUT2D eigenvalue weighted by Crippen LogP contribution is 2.19. The predicted octanol–water partition coefficient (Wildman–Crippen LogP) is 2.25. The zero-order chi connectivity index (χ0) is 20.6. The van der Waals surface area contributed by atoms with Crippen LogP contribution >= 0.6 is 0 Å². The van der Waals surface area contributed by atoms with Crippen LogP contribution in [0.1, 0.15) is 0 Å². The van der Waals surface area contributed by atoms with Gasteiger partial charge in [-0.1, -0.05) is 12.1 Å². The first kappa shape index (κ1) is 20.1. The maximum atomic E-state index is 13.4. The van der Waals surface area contributed by atoms with Crippen LogP contribution in [0.5, 0.6) is 11.5 Å². The van der Waals surface area contributed by atoms with Crippen LogP contribution in [0.2, 0.25) is 0 Å². The quantitative estimate of drug-likeness (QED) is 0.631. The molecule has 0 aliphatic carbocycles. The molecule has 0 aliphatic heterocycles. The number of amides is 1. The van der Waals surface area contributed by atoms with Crippen molar-refractivity contribution in [1.82, 2.24) is 14.9 Å². The van der Waals surface area contributed by atoms with Crippen molar-refractivity contribution in [3.05, 3.63) is 77.1 Å². The van der Waals surface area contributed by atoms with Gasteiger partial charge in [-0.15, -0.1) is 0 Å². The van der Waals surface area contributed by atoms with Gasteiger partial charge in [-0.3, -0.25) is 14.2 Å². The number of ether oxygens (including phenoxy) is 2. The smallest absolute Gasteiger partial charge is 0.258 e. The van der Waals surface area contributed by atoms with Crippen molar-refractivity contribution in [3.63, 3.8) is 0 Å². The molecule has 1 aromatic heterocycles. The van der Waals surface area contributed by atoms with E-state index in [1.807, 2.05) is 12.1 Å². The van der Waals surface area contributed by atoms with Crippen LogP contribution in [0.3, 0.4) is 0 Å². The van der Waals surface area contributed by atoms with Gasteiger partial charge in [-0.05, 0) is 36.4 Å². The van der Waals surface area contributed by atoms with Crippen LogP contribution in [0, 0.1) is 5.82 Å². The third-order valence-electron chi connectivity index (χ3n) is 4.14. The molecule has 0 saturated carbocycles. The fraction of sp³-hybridized carbons (Fsp3) is 0.190. The Bertz CT molecular complexity index is 1030. The summed E-state index contributed by atoms with van der Waals surface area (Å²) in [5, 5.41) is 2.62. The first-order chi connectivity index (χ1) is 14.1. The minimum absolute atomic E-state index is 0.0113. The molecule has 0 bridgehead atoms. The lowest BCUT2D eigenvalue weighted by molar-refractivity contribution is -0.123. The Morgan fingerprint density at radius 3 is 2.62 bits per heavy atom. The molecule has 29 heavy (non-hydrogen) atoms. The molecule has 3 aromatic rings. The Balaban J connectivity index is 1.51. The highest BCUT2D eigenvalue weighted by molar-refractivity contribution is 5.77. The van der Waals surface area contributed by atoms with Crippen molar-refractivity contribution in [2.45, 2.75) is 6.54 Å². The van der Waals surface area contributed by atoms with Gasteiger partial charge in [-0.25, -0.2) is 9.37 Å². The normalized spacial score (nSPS) is 10.4.